The van der Waals surface area contributed by atoms with E-state index in [4.69, 9.17) is 11.5 Å². The van der Waals surface area contributed by atoms with Crippen molar-refractivity contribution >= 4 is 11.6 Å². The molecule has 1 unspecified atom stereocenters. The molecule has 2 rings (SSSR count). The van der Waals surface area contributed by atoms with E-state index in [2.05, 4.69) is 83.1 Å². The van der Waals surface area contributed by atoms with Crippen LogP contribution in [-0.2, 0) is 12.0 Å². The molecule has 0 aromatic heterocycles. The van der Waals surface area contributed by atoms with Crippen molar-refractivity contribution in [1.29, 1.82) is 0 Å². The molecule has 0 aliphatic heterocycles. The summed E-state index contributed by atoms with van der Waals surface area (Å²) in [5.74, 6) is 0.878. The highest BCUT2D eigenvalue weighted by atomic mass is 15.1. The topological polar surface area (TPSA) is 55.0 Å². The summed E-state index contributed by atoms with van der Waals surface area (Å²) in [6.07, 6.45) is 1.13. The van der Waals surface area contributed by atoms with Gasteiger partial charge in [0, 0.05) is 0 Å². The Labute approximate surface area is 152 Å². The first-order valence-electron chi connectivity index (χ1n) is 9.07. The van der Waals surface area contributed by atoms with E-state index in [1.165, 1.54) is 16.7 Å². The maximum absolute atomic E-state index is 5.96. The van der Waals surface area contributed by atoms with E-state index in [-0.39, 0.29) is 5.41 Å². The zero-order valence-electron chi connectivity index (χ0n) is 16.2. The molecule has 0 fully saturated rings. The Kier molecular flexibility index (Phi) is 5.89. The van der Waals surface area contributed by atoms with Crippen LogP contribution in [0.5, 0.6) is 0 Å². The van der Waals surface area contributed by atoms with Crippen molar-refractivity contribution in [3.05, 3.63) is 65.2 Å². The van der Waals surface area contributed by atoms with Gasteiger partial charge >= 0.3 is 5.96 Å². The van der Waals surface area contributed by atoms with Crippen LogP contribution in [0.25, 0.3) is 0 Å². The van der Waals surface area contributed by atoms with Crippen LogP contribution >= 0.6 is 0 Å². The van der Waals surface area contributed by atoms with Gasteiger partial charge in [0.2, 0.25) is 0 Å². The van der Waals surface area contributed by atoms with E-state index in [0.717, 1.165) is 12.1 Å². The smallest absolute Gasteiger partial charge is 0.291 e. The van der Waals surface area contributed by atoms with E-state index < -0.39 is 0 Å². The SMILES string of the molecule is CCC(C)c1ccc([N+](Cc2ccc(C(C)(C)C)cc2)=C(N)N)cc1. The lowest BCUT2D eigenvalue weighted by Gasteiger charge is -2.19. The molecule has 0 spiro atoms. The summed E-state index contributed by atoms with van der Waals surface area (Å²) in [6.45, 7) is 11.8. The summed E-state index contributed by atoms with van der Waals surface area (Å²) in [6, 6.07) is 17.2. The van der Waals surface area contributed by atoms with Gasteiger partial charge in [-0.15, -0.1) is 0 Å². The fourth-order valence-corrected chi connectivity index (χ4v) is 2.84. The van der Waals surface area contributed by atoms with Crippen LogP contribution in [0.15, 0.2) is 48.5 Å². The van der Waals surface area contributed by atoms with Gasteiger partial charge in [0.05, 0.1) is 6.54 Å². The first-order valence-corrected chi connectivity index (χ1v) is 9.07. The van der Waals surface area contributed by atoms with Crippen molar-refractivity contribution in [3.8, 4) is 0 Å². The van der Waals surface area contributed by atoms with Crippen LogP contribution in [0.4, 0.5) is 5.69 Å². The predicted molar refractivity (Wildman–Crippen MR) is 107 cm³/mol. The van der Waals surface area contributed by atoms with Gasteiger partial charge in [-0.25, -0.2) is 4.58 Å². The maximum atomic E-state index is 5.96. The minimum Gasteiger partial charge on any atom is -0.291 e. The van der Waals surface area contributed by atoms with Crippen LogP contribution in [-0.4, -0.2) is 10.5 Å². The Hall–Kier alpha value is -2.29. The van der Waals surface area contributed by atoms with E-state index in [0.29, 0.717) is 18.4 Å². The normalized spacial score (nSPS) is 12.7. The predicted octanol–water partition coefficient (Wildman–Crippen LogP) is 4.62. The minimum absolute atomic E-state index is 0.156. The third-order valence-corrected chi connectivity index (χ3v) is 4.86. The molecule has 0 bridgehead atoms. The second-order valence-corrected chi connectivity index (χ2v) is 7.86. The van der Waals surface area contributed by atoms with Crippen molar-refractivity contribution < 1.29 is 4.58 Å². The minimum atomic E-state index is 0.156. The lowest BCUT2D eigenvalue weighted by Crippen LogP contribution is -2.33. The molecule has 0 heterocycles. The summed E-state index contributed by atoms with van der Waals surface area (Å²) >= 11 is 0. The number of benzene rings is 2. The summed E-state index contributed by atoms with van der Waals surface area (Å²) in [5, 5.41) is 0. The Balaban J connectivity index is 2.24. The van der Waals surface area contributed by atoms with E-state index in [1.807, 2.05) is 4.58 Å². The number of hydrogen-bond acceptors (Lipinski definition) is 0. The van der Waals surface area contributed by atoms with Crippen LogP contribution in [0.3, 0.4) is 0 Å². The van der Waals surface area contributed by atoms with E-state index >= 15 is 0 Å². The van der Waals surface area contributed by atoms with E-state index in [9.17, 15) is 0 Å². The summed E-state index contributed by atoms with van der Waals surface area (Å²) in [5.41, 5.74) is 17.0. The van der Waals surface area contributed by atoms with Crippen molar-refractivity contribution in [2.24, 2.45) is 11.5 Å². The molecule has 134 valence electrons. The van der Waals surface area contributed by atoms with Crippen LogP contribution in [0, 0.1) is 0 Å². The van der Waals surface area contributed by atoms with Crippen molar-refractivity contribution in [3.63, 3.8) is 0 Å². The second-order valence-electron chi connectivity index (χ2n) is 7.86. The Morgan fingerprint density at radius 2 is 1.52 bits per heavy atom. The number of hydrogen-bond donors (Lipinski definition) is 2. The van der Waals surface area contributed by atoms with Gasteiger partial charge in [0.25, 0.3) is 0 Å². The quantitative estimate of drug-likeness (QED) is 0.475. The van der Waals surface area contributed by atoms with Gasteiger partial charge in [-0.05, 0) is 46.6 Å². The second kappa shape index (κ2) is 7.73. The average Bonchev–Trinajstić information content (AvgIpc) is 2.58. The van der Waals surface area contributed by atoms with Gasteiger partial charge < -0.3 is 0 Å². The lowest BCUT2D eigenvalue weighted by atomic mass is 9.87. The molecule has 2 aromatic carbocycles. The molecule has 0 aliphatic rings. The van der Waals surface area contributed by atoms with Crippen molar-refractivity contribution in [2.45, 2.75) is 58.9 Å². The third kappa shape index (κ3) is 4.85. The molecule has 25 heavy (non-hydrogen) atoms. The molecule has 0 aliphatic carbocycles. The highest BCUT2D eigenvalue weighted by molar-refractivity contribution is 5.71. The number of rotatable bonds is 5. The number of nitrogens with zero attached hydrogens (tertiary/aromatic N) is 1. The average molecular weight is 339 g/mol. The lowest BCUT2D eigenvalue weighted by molar-refractivity contribution is -0.460. The maximum Gasteiger partial charge on any atom is 0.346 e. The molecule has 2 aromatic rings. The number of nitrogens with two attached hydrogens (primary N) is 2. The van der Waals surface area contributed by atoms with Crippen LogP contribution in [0.1, 0.15) is 63.6 Å². The van der Waals surface area contributed by atoms with Crippen molar-refractivity contribution in [2.75, 3.05) is 0 Å². The highest BCUT2D eigenvalue weighted by Gasteiger charge is 2.14. The Morgan fingerprint density at radius 3 is 1.96 bits per heavy atom. The molecule has 0 saturated heterocycles. The Bertz CT molecular complexity index is 715. The van der Waals surface area contributed by atoms with Gasteiger partial charge in [-0.1, -0.05) is 71.0 Å². The fourth-order valence-electron chi connectivity index (χ4n) is 2.84. The Morgan fingerprint density at radius 1 is 0.960 bits per heavy atom. The molecule has 1 atom stereocenters. The summed E-state index contributed by atoms with van der Waals surface area (Å²) in [7, 11) is 0. The zero-order valence-corrected chi connectivity index (χ0v) is 16.2. The molecular weight excluding hydrogens is 306 g/mol. The van der Waals surface area contributed by atoms with E-state index in [1.54, 1.807) is 0 Å². The fraction of sp³-hybridized carbons (Fsp3) is 0.409. The van der Waals surface area contributed by atoms with Crippen LogP contribution in [0.2, 0.25) is 0 Å². The van der Waals surface area contributed by atoms with Gasteiger partial charge in [0.15, 0.2) is 0 Å². The van der Waals surface area contributed by atoms with Gasteiger partial charge in [-0.2, -0.15) is 0 Å². The summed E-state index contributed by atoms with van der Waals surface area (Å²) in [4.78, 5) is 0. The first kappa shape index (κ1) is 19.0. The molecule has 0 amide bonds. The van der Waals surface area contributed by atoms with Crippen molar-refractivity contribution in [1.82, 2.24) is 0 Å². The van der Waals surface area contributed by atoms with Gasteiger partial charge in [-0.3, -0.25) is 11.5 Å². The van der Waals surface area contributed by atoms with Crippen LogP contribution < -0.4 is 11.5 Å². The molecule has 3 nitrogen and oxygen atoms in total. The molecule has 0 saturated carbocycles. The monoisotopic (exact) mass is 338 g/mol. The number of guanidine groups is 1. The van der Waals surface area contributed by atoms with Gasteiger partial charge in [0.1, 0.15) is 5.69 Å². The largest absolute Gasteiger partial charge is 0.346 e. The first-order chi connectivity index (χ1) is 11.7. The molecular formula is C22H32N3+. The standard InChI is InChI=1S/C22H31N3/c1-6-16(2)18-9-13-20(14-10-18)25(21(23)24)15-17-7-11-19(12-8-17)22(3,4)5/h7-14,16H,6,15H2,1-5H3,(H3,23,24)/p+1. The molecule has 4 N–H and O–H groups in total. The zero-order chi connectivity index (χ0) is 18.6. The molecule has 3 heteroatoms. The third-order valence-electron chi connectivity index (χ3n) is 4.86. The highest BCUT2D eigenvalue weighted by Crippen LogP contribution is 2.24. The summed E-state index contributed by atoms with van der Waals surface area (Å²) < 4.78 is 1.95. The molecule has 0 radical (unpaired) electrons.